The first-order chi connectivity index (χ1) is 13.8. The van der Waals surface area contributed by atoms with Gasteiger partial charge < -0.3 is 14.8 Å². The lowest BCUT2D eigenvalue weighted by molar-refractivity contribution is -0.121. The Morgan fingerprint density at radius 3 is 2.48 bits per heavy atom. The summed E-state index contributed by atoms with van der Waals surface area (Å²) in [6, 6.07) is 14.6. The Balaban J connectivity index is 1.59. The van der Waals surface area contributed by atoms with Crippen molar-refractivity contribution in [1.29, 1.82) is 0 Å². The molecule has 1 aliphatic rings. The number of anilines is 1. The van der Waals surface area contributed by atoms with Crippen LogP contribution in [0.15, 0.2) is 48.5 Å². The second-order valence-electron chi connectivity index (χ2n) is 6.97. The number of sulfonamides is 1. The number of benzene rings is 2. The molecule has 0 saturated carbocycles. The maximum Gasteiger partial charge on any atom is 0.232 e. The molecule has 0 unspecified atom stereocenters. The van der Waals surface area contributed by atoms with Crippen molar-refractivity contribution in [2.75, 3.05) is 30.3 Å². The maximum absolute atomic E-state index is 12.3. The molecule has 1 heterocycles. The molecule has 8 heteroatoms. The van der Waals surface area contributed by atoms with Crippen LogP contribution in [0.4, 0.5) is 5.69 Å². The molecule has 7 nitrogen and oxygen atoms in total. The van der Waals surface area contributed by atoms with E-state index in [1.54, 1.807) is 18.2 Å². The minimum Gasteiger partial charge on any atom is -0.486 e. The van der Waals surface area contributed by atoms with Crippen molar-refractivity contribution in [3.63, 3.8) is 0 Å². The fourth-order valence-corrected chi connectivity index (χ4v) is 4.15. The Kier molecular flexibility index (Phi) is 6.64. The van der Waals surface area contributed by atoms with Gasteiger partial charge in [0.1, 0.15) is 13.2 Å². The minimum absolute atomic E-state index is 0.104. The van der Waals surface area contributed by atoms with Crippen molar-refractivity contribution in [2.24, 2.45) is 0 Å². The number of amides is 1. The van der Waals surface area contributed by atoms with E-state index < -0.39 is 10.0 Å². The van der Waals surface area contributed by atoms with Gasteiger partial charge >= 0.3 is 0 Å². The summed E-state index contributed by atoms with van der Waals surface area (Å²) < 4.78 is 36.9. The summed E-state index contributed by atoms with van der Waals surface area (Å²) in [5.41, 5.74) is 1.52. The Hall–Kier alpha value is -2.74. The monoisotopic (exact) mass is 418 g/mol. The van der Waals surface area contributed by atoms with Gasteiger partial charge in [-0.05, 0) is 31.0 Å². The Morgan fingerprint density at radius 1 is 1.10 bits per heavy atom. The highest BCUT2D eigenvalue weighted by atomic mass is 32.2. The van der Waals surface area contributed by atoms with Crippen LogP contribution in [-0.4, -0.2) is 40.3 Å². The zero-order valence-electron chi connectivity index (χ0n) is 16.6. The third-order valence-corrected chi connectivity index (χ3v) is 5.85. The number of rotatable bonds is 8. The average Bonchev–Trinajstić information content (AvgIpc) is 2.70. The molecule has 1 aliphatic heterocycles. The lowest BCUT2D eigenvalue weighted by atomic mass is 10.1. The van der Waals surface area contributed by atoms with Gasteiger partial charge in [-0.25, -0.2) is 8.42 Å². The summed E-state index contributed by atoms with van der Waals surface area (Å²) in [6.45, 7) is 3.02. The first-order valence-corrected chi connectivity index (χ1v) is 11.4. The van der Waals surface area contributed by atoms with Crippen molar-refractivity contribution in [1.82, 2.24) is 5.32 Å². The lowest BCUT2D eigenvalue weighted by Crippen LogP contribution is -2.32. The van der Waals surface area contributed by atoms with Gasteiger partial charge in [0.15, 0.2) is 11.5 Å². The van der Waals surface area contributed by atoms with Crippen molar-refractivity contribution in [2.45, 2.75) is 25.8 Å². The summed E-state index contributed by atoms with van der Waals surface area (Å²) in [4.78, 5) is 12.3. The molecule has 1 N–H and O–H groups in total. The maximum atomic E-state index is 12.3. The van der Waals surface area contributed by atoms with E-state index in [4.69, 9.17) is 9.47 Å². The summed E-state index contributed by atoms with van der Waals surface area (Å²) in [5, 5.41) is 2.95. The van der Waals surface area contributed by atoms with E-state index >= 15 is 0 Å². The Morgan fingerprint density at radius 2 is 1.79 bits per heavy atom. The summed E-state index contributed by atoms with van der Waals surface area (Å²) >= 11 is 0. The first kappa shape index (κ1) is 21.0. The summed E-state index contributed by atoms with van der Waals surface area (Å²) in [7, 11) is -3.50. The van der Waals surface area contributed by atoms with Crippen LogP contribution >= 0.6 is 0 Å². The normalized spacial score (nSPS) is 14.1. The SMILES string of the molecule is C[C@@H](NC(=O)CCCN(c1ccc2c(c1)OCCO2)S(C)(=O)=O)c1ccccc1. The molecule has 0 radical (unpaired) electrons. The van der Waals surface area contributed by atoms with Crippen LogP contribution in [0, 0.1) is 0 Å². The van der Waals surface area contributed by atoms with Crippen LogP contribution in [0.1, 0.15) is 31.4 Å². The summed E-state index contributed by atoms with van der Waals surface area (Å²) in [6.07, 6.45) is 1.78. The van der Waals surface area contributed by atoms with E-state index in [-0.39, 0.29) is 24.9 Å². The number of nitrogens with one attached hydrogen (secondary N) is 1. The van der Waals surface area contributed by atoms with E-state index in [9.17, 15) is 13.2 Å². The number of fused-ring (bicyclic) bond motifs is 1. The fraction of sp³-hybridized carbons (Fsp3) is 0.381. The van der Waals surface area contributed by atoms with Gasteiger partial charge in [-0.15, -0.1) is 0 Å². The third kappa shape index (κ3) is 5.63. The van der Waals surface area contributed by atoms with Gasteiger partial charge in [0, 0.05) is 19.0 Å². The molecular formula is C21H26N2O5S. The number of hydrogen-bond acceptors (Lipinski definition) is 5. The Labute approximate surface area is 171 Å². The smallest absolute Gasteiger partial charge is 0.232 e. The second-order valence-corrected chi connectivity index (χ2v) is 8.87. The average molecular weight is 419 g/mol. The van der Waals surface area contributed by atoms with Gasteiger partial charge in [-0.1, -0.05) is 30.3 Å². The number of hydrogen-bond donors (Lipinski definition) is 1. The molecule has 0 saturated heterocycles. The number of ether oxygens (including phenoxy) is 2. The molecule has 0 bridgehead atoms. The van der Waals surface area contributed by atoms with Crippen molar-refractivity contribution < 1.29 is 22.7 Å². The van der Waals surface area contributed by atoms with E-state index in [1.165, 1.54) is 4.31 Å². The highest BCUT2D eigenvalue weighted by Gasteiger charge is 2.21. The van der Waals surface area contributed by atoms with E-state index in [0.717, 1.165) is 11.8 Å². The van der Waals surface area contributed by atoms with Gasteiger partial charge in [0.25, 0.3) is 0 Å². The molecular weight excluding hydrogens is 392 g/mol. The summed E-state index contributed by atoms with van der Waals surface area (Å²) in [5.74, 6) is 1.01. The highest BCUT2D eigenvalue weighted by molar-refractivity contribution is 7.92. The van der Waals surface area contributed by atoms with Crippen LogP contribution in [0.25, 0.3) is 0 Å². The zero-order chi connectivity index (χ0) is 20.9. The van der Waals surface area contributed by atoms with E-state index in [0.29, 0.717) is 36.8 Å². The van der Waals surface area contributed by atoms with E-state index in [2.05, 4.69) is 5.32 Å². The minimum atomic E-state index is -3.50. The highest BCUT2D eigenvalue weighted by Crippen LogP contribution is 2.34. The van der Waals surface area contributed by atoms with Crippen LogP contribution in [0.5, 0.6) is 11.5 Å². The predicted octanol–water partition coefficient (Wildman–Crippen LogP) is 2.88. The first-order valence-electron chi connectivity index (χ1n) is 9.56. The molecule has 2 aromatic rings. The molecule has 3 rings (SSSR count). The molecule has 2 aromatic carbocycles. The third-order valence-electron chi connectivity index (χ3n) is 4.66. The molecule has 0 aromatic heterocycles. The molecule has 29 heavy (non-hydrogen) atoms. The number of nitrogens with zero attached hydrogens (tertiary/aromatic N) is 1. The van der Waals surface area contributed by atoms with Crippen molar-refractivity contribution in [3.8, 4) is 11.5 Å². The molecule has 0 fully saturated rings. The van der Waals surface area contributed by atoms with E-state index in [1.807, 2.05) is 37.3 Å². The molecule has 0 aliphatic carbocycles. The van der Waals surface area contributed by atoms with Crippen LogP contribution in [0.2, 0.25) is 0 Å². The Bertz CT molecular complexity index is 947. The molecule has 156 valence electrons. The van der Waals surface area contributed by atoms with Crippen molar-refractivity contribution >= 4 is 21.6 Å². The van der Waals surface area contributed by atoms with Crippen LogP contribution in [-0.2, 0) is 14.8 Å². The van der Waals surface area contributed by atoms with Gasteiger partial charge in [0.2, 0.25) is 15.9 Å². The topological polar surface area (TPSA) is 84.9 Å². The molecule has 1 amide bonds. The van der Waals surface area contributed by atoms with Crippen molar-refractivity contribution in [3.05, 3.63) is 54.1 Å². The lowest BCUT2D eigenvalue weighted by Gasteiger charge is -2.25. The molecule has 0 spiro atoms. The van der Waals surface area contributed by atoms with Gasteiger partial charge in [-0.3, -0.25) is 9.10 Å². The quantitative estimate of drug-likeness (QED) is 0.713. The fourth-order valence-electron chi connectivity index (χ4n) is 3.20. The second kappa shape index (κ2) is 9.17. The number of carbonyl (C=O) groups is 1. The van der Waals surface area contributed by atoms with Crippen LogP contribution in [0.3, 0.4) is 0 Å². The van der Waals surface area contributed by atoms with Crippen LogP contribution < -0.4 is 19.1 Å². The zero-order valence-corrected chi connectivity index (χ0v) is 17.4. The van der Waals surface area contributed by atoms with Gasteiger partial charge in [0.05, 0.1) is 18.0 Å². The van der Waals surface area contributed by atoms with Gasteiger partial charge in [-0.2, -0.15) is 0 Å². The predicted molar refractivity (Wildman–Crippen MR) is 112 cm³/mol. The molecule has 1 atom stereocenters. The number of carbonyl (C=O) groups excluding carboxylic acids is 1. The standard InChI is InChI=1S/C21H26N2O5S/c1-16(17-7-4-3-5-8-17)22-21(24)9-6-12-23(29(2,25)26)18-10-11-19-20(15-18)28-14-13-27-19/h3-5,7-8,10-11,15-16H,6,9,12-14H2,1-2H3,(H,22,24)/t16-/m1/s1. The largest absolute Gasteiger partial charge is 0.486 e.